The third-order valence-corrected chi connectivity index (χ3v) is 3.43. The van der Waals surface area contributed by atoms with E-state index in [9.17, 15) is 0 Å². The molecule has 0 spiro atoms. The van der Waals surface area contributed by atoms with Crippen LogP contribution in [0.5, 0.6) is 0 Å². The monoisotopic (exact) mass is 273 g/mol. The highest BCUT2D eigenvalue weighted by atomic mass is 16.5. The van der Waals surface area contributed by atoms with Crippen LogP contribution in [-0.2, 0) is 17.8 Å². The van der Waals surface area contributed by atoms with Crippen molar-refractivity contribution in [2.24, 2.45) is 0 Å². The SMILES string of the molecule is c1cc(CNCc2ccc(N3CCOCC3)cc2)on1. The Kier molecular flexibility index (Phi) is 4.30. The number of benzene rings is 1. The van der Waals surface area contributed by atoms with Gasteiger partial charge in [0.15, 0.2) is 0 Å². The van der Waals surface area contributed by atoms with Crippen molar-refractivity contribution in [2.45, 2.75) is 13.1 Å². The van der Waals surface area contributed by atoms with Crippen LogP contribution in [0.3, 0.4) is 0 Å². The van der Waals surface area contributed by atoms with Crippen LogP contribution in [0.1, 0.15) is 11.3 Å². The van der Waals surface area contributed by atoms with Crippen LogP contribution in [-0.4, -0.2) is 31.5 Å². The summed E-state index contributed by atoms with van der Waals surface area (Å²) in [6, 6.07) is 10.6. The Bertz CT molecular complexity index is 504. The van der Waals surface area contributed by atoms with E-state index < -0.39 is 0 Å². The summed E-state index contributed by atoms with van der Waals surface area (Å²) in [5.74, 6) is 0.856. The molecular formula is C15H19N3O2. The highest BCUT2D eigenvalue weighted by molar-refractivity contribution is 5.47. The third kappa shape index (κ3) is 3.37. The van der Waals surface area contributed by atoms with Crippen molar-refractivity contribution in [2.75, 3.05) is 31.2 Å². The Hall–Kier alpha value is -1.85. The van der Waals surface area contributed by atoms with Crippen LogP contribution in [0.15, 0.2) is 41.1 Å². The van der Waals surface area contributed by atoms with Crippen LogP contribution in [0.2, 0.25) is 0 Å². The van der Waals surface area contributed by atoms with Gasteiger partial charge in [-0.05, 0) is 17.7 Å². The first-order chi connectivity index (χ1) is 9.92. The van der Waals surface area contributed by atoms with E-state index in [0.29, 0.717) is 6.54 Å². The van der Waals surface area contributed by atoms with E-state index in [1.807, 2.05) is 6.07 Å². The van der Waals surface area contributed by atoms with Gasteiger partial charge in [0, 0.05) is 31.4 Å². The lowest BCUT2D eigenvalue weighted by Gasteiger charge is -2.28. The molecule has 1 aromatic carbocycles. The van der Waals surface area contributed by atoms with E-state index in [2.05, 4.69) is 39.6 Å². The Morgan fingerprint density at radius 1 is 1.05 bits per heavy atom. The van der Waals surface area contributed by atoms with Gasteiger partial charge >= 0.3 is 0 Å². The van der Waals surface area contributed by atoms with Crippen LogP contribution in [0.4, 0.5) is 5.69 Å². The van der Waals surface area contributed by atoms with E-state index in [1.165, 1.54) is 11.3 Å². The summed E-state index contributed by atoms with van der Waals surface area (Å²) in [7, 11) is 0. The minimum Gasteiger partial charge on any atom is -0.378 e. The number of rotatable bonds is 5. The van der Waals surface area contributed by atoms with Gasteiger partial charge in [-0.25, -0.2) is 0 Å². The predicted octanol–water partition coefficient (Wildman–Crippen LogP) is 1.80. The molecular weight excluding hydrogens is 254 g/mol. The zero-order valence-corrected chi connectivity index (χ0v) is 11.4. The molecule has 20 heavy (non-hydrogen) atoms. The summed E-state index contributed by atoms with van der Waals surface area (Å²) in [6.45, 7) is 5.11. The van der Waals surface area contributed by atoms with Gasteiger partial charge in [0.1, 0.15) is 5.76 Å². The first kappa shape index (κ1) is 13.1. The highest BCUT2D eigenvalue weighted by Gasteiger charge is 2.10. The van der Waals surface area contributed by atoms with Crippen molar-refractivity contribution in [1.82, 2.24) is 10.5 Å². The largest absolute Gasteiger partial charge is 0.378 e. The third-order valence-electron chi connectivity index (χ3n) is 3.43. The minimum absolute atomic E-state index is 0.700. The van der Waals surface area contributed by atoms with Crippen LogP contribution >= 0.6 is 0 Å². The number of aromatic nitrogens is 1. The van der Waals surface area contributed by atoms with E-state index in [-0.39, 0.29) is 0 Å². The number of nitrogens with one attached hydrogen (secondary N) is 1. The molecule has 0 unspecified atom stereocenters. The smallest absolute Gasteiger partial charge is 0.150 e. The molecule has 0 atom stereocenters. The lowest BCUT2D eigenvalue weighted by Crippen LogP contribution is -2.36. The average molecular weight is 273 g/mol. The maximum atomic E-state index is 5.37. The minimum atomic E-state index is 0.700. The van der Waals surface area contributed by atoms with Crippen molar-refractivity contribution in [3.05, 3.63) is 47.9 Å². The number of morpholine rings is 1. The second-order valence-electron chi connectivity index (χ2n) is 4.85. The number of ether oxygens (including phenoxy) is 1. The Morgan fingerprint density at radius 2 is 1.85 bits per heavy atom. The number of anilines is 1. The molecule has 0 amide bonds. The molecule has 2 aromatic rings. The lowest BCUT2D eigenvalue weighted by molar-refractivity contribution is 0.122. The summed E-state index contributed by atoms with van der Waals surface area (Å²) >= 11 is 0. The molecule has 1 saturated heterocycles. The first-order valence-corrected chi connectivity index (χ1v) is 6.94. The average Bonchev–Trinajstić information content (AvgIpc) is 3.02. The quantitative estimate of drug-likeness (QED) is 0.900. The van der Waals surface area contributed by atoms with Gasteiger partial charge in [0.2, 0.25) is 0 Å². The molecule has 5 nitrogen and oxygen atoms in total. The van der Waals surface area contributed by atoms with E-state index >= 15 is 0 Å². The second-order valence-corrected chi connectivity index (χ2v) is 4.85. The van der Waals surface area contributed by atoms with Crippen molar-refractivity contribution in [1.29, 1.82) is 0 Å². The van der Waals surface area contributed by atoms with E-state index in [0.717, 1.165) is 38.6 Å². The first-order valence-electron chi connectivity index (χ1n) is 6.94. The normalized spacial score (nSPS) is 15.5. The molecule has 1 N–H and O–H groups in total. The van der Waals surface area contributed by atoms with Crippen molar-refractivity contribution >= 4 is 5.69 Å². The zero-order valence-electron chi connectivity index (χ0n) is 11.4. The lowest BCUT2D eigenvalue weighted by atomic mass is 10.2. The van der Waals surface area contributed by atoms with Gasteiger partial charge in [-0.2, -0.15) is 0 Å². The second kappa shape index (κ2) is 6.54. The van der Waals surface area contributed by atoms with Gasteiger partial charge in [-0.3, -0.25) is 0 Å². The van der Waals surface area contributed by atoms with Crippen molar-refractivity contribution < 1.29 is 9.26 Å². The fraction of sp³-hybridized carbons (Fsp3) is 0.400. The number of hydrogen-bond acceptors (Lipinski definition) is 5. The molecule has 0 aliphatic carbocycles. The van der Waals surface area contributed by atoms with Gasteiger partial charge in [0.25, 0.3) is 0 Å². The maximum absolute atomic E-state index is 5.37. The predicted molar refractivity (Wildman–Crippen MR) is 76.5 cm³/mol. The van der Waals surface area contributed by atoms with Crippen molar-refractivity contribution in [3.8, 4) is 0 Å². The Labute approximate surface area is 118 Å². The molecule has 0 radical (unpaired) electrons. The standard InChI is InChI=1S/C15H19N3O2/c1-3-14(18-7-9-19-10-8-18)4-2-13(1)11-16-12-15-5-6-17-20-15/h1-6,16H,7-12H2. The molecule has 0 saturated carbocycles. The van der Waals surface area contributed by atoms with Gasteiger partial charge in [-0.15, -0.1) is 0 Å². The van der Waals surface area contributed by atoms with Gasteiger partial charge < -0.3 is 19.5 Å². The molecule has 1 aliphatic rings. The van der Waals surface area contributed by atoms with Gasteiger partial charge in [-0.1, -0.05) is 17.3 Å². The topological polar surface area (TPSA) is 50.5 Å². The zero-order chi connectivity index (χ0) is 13.6. The molecule has 1 aliphatic heterocycles. The molecule has 1 aromatic heterocycles. The molecule has 3 rings (SSSR count). The Balaban J connectivity index is 1.50. The molecule has 5 heteroatoms. The molecule has 106 valence electrons. The van der Waals surface area contributed by atoms with E-state index in [1.54, 1.807) is 6.20 Å². The summed E-state index contributed by atoms with van der Waals surface area (Å²) in [4.78, 5) is 2.36. The summed E-state index contributed by atoms with van der Waals surface area (Å²) in [5, 5.41) is 7.02. The number of nitrogens with zero attached hydrogens (tertiary/aromatic N) is 2. The van der Waals surface area contributed by atoms with Gasteiger partial charge in [0.05, 0.1) is 26.0 Å². The molecule has 1 fully saturated rings. The molecule has 2 heterocycles. The summed E-state index contributed by atoms with van der Waals surface area (Å²) in [5.41, 5.74) is 2.54. The van der Waals surface area contributed by atoms with Crippen molar-refractivity contribution in [3.63, 3.8) is 0 Å². The van der Waals surface area contributed by atoms with Crippen LogP contribution < -0.4 is 10.2 Å². The number of hydrogen-bond donors (Lipinski definition) is 1. The Morgan fingerprint density at radius 3 is 2.55 bits per heavy atom. The van der Waals surface area contributed by atoms with Crippen LogP contribution in [0, 0.1) is 0 Å². The summed E-state index contributed by atoms with van der Waals surface area (Å²) in [6.07, 6.45) is 1.66. The fourth-order valence-electron chi connectivity index (χ4n) is 2.31. The van der Waals surface area contributed by atoms with Crippen LogP contribution in [0.25, 0.3) is 0 Å². The maximum Gasteiger partial charge on any atom is 0.150 e. The highest BCUT2D eigenvalue weighted by Crippen LogP contribution is 2.16. The fourth-order valence-corrected chi connectivity index (χ4v) is 2.31. The molecule has 0 bridgehead atoms. The van der Waals surface area contributed by atoms with E-state index in [4.69, 9.17) is 9.26 Å². The summed E-state index contributed by atoms with van der Waals surface area (Å²) < 4.78 is 10.4.